The Morgan fingerprint density at radius 2 is 0.914 bits per heavy atom. The van der Waals surface area contributed by atoms with Crippen LogP contribution in [0.2, 0.25) is 0 Å². The molecule has 6 heteroatoms. The molecule has 0 radical (unpaired) electrons. The Balaban J connectivity index is 0.915. The van der Waals surface area contributed by atoms with E-state index in [0.717, 1.165) is 78.0 Å². The predicted octanol–water partition coefficient (Wildman–Crippen LogP) is 16.0. The fraction of sp³-hybridized carbons (Fsp3) is 0.0312. The van der Waals surface area contributed by atoms with E-state index in [1.807, 2.05) is 24.3 Å². The summed E-state index contributed by atoms with van der Waals surface area (Å²) in [6, 6.07) is 84.4. The zero-order valence-corrected chi connectivity index (χ0v) is 38.2. The van der Waals surface area contributed by atoms with Gasteiger partial charge < -0.3 is 18.5 Å². The number of aliphatic imine (C=N–C) groups is 2. The molecule has 0 saturated carbocycles. The number of para-hydroxylation sites is 3. The van der Waals surface area contributed by atoms with Crippen molar-refractivity contribution in [3.63, 3.8) is 0 Å². The van der Waals surface area contributed by atoms with Crippen molar-refractivity contribution >= 4 is 77.2 Å². The molecule has 1 aliphatic heterocycles. The van der Waals surface area contributed by atoms with E-state index in [1.165, 1.54) is 43.7 Å². The molecule has 0 saturated heterocycles. The average molecular weight is 898 g/mol. The maximum Gasteiger partial charge on any atom is 0.160 e. The van der Waals surface area contributed by atoms with Crippen LogP contribution in [-0.4, -0.2) is 32.8 Å². The lowest BCUT2D eigenvalue weighted by atomic mass is 9.98. The molecule has 0 bridgehead atoms. The number of furan rings is 1. The van der Waals surface area contributed by atoms with Gasteiger partial charge in [-0.05, 0) is 101 Å². The van der Waals surface area contributed by atoms with Gasteiger partial charge in [0.05, 0.1) is 22.1 Å². The minimum absolute atomic E-state index is 0.261. The summed E-state index contributed by atoms with van der Waals surface area (Å²) in [6.07, 6.45) is -0.261. The molecule has 0 N–H and O–H groups in total. The van der Waals surface area contributed by atoms with Gasteiger partial charge in [-0.15, -0.1) is 0 Å². The van der Waals surface area contributed by atoms with Gasteiger partial charge >= 0.3 is 0 Å². The number of amidine groups is 2. The van der Waals surface area contributed by atoms with Crippen LogP contribution in [0.25, 0.3) is 99.2 Å². The fourth-order valence-corrected chi connectivity index (χ4v) is 10.9. The van der Waals surface area contributed by atoms with Crippen molar-refractivity contribution < 1.29 is 4.42 Å². The van der Waals surface area contributed by atoms with Gasteiger partial charge in [0.25, 0.3) is 0 Å². The molecule has 4 heterocycles. The minimum atomic E-state index is -0.261. The molecule has 0 spiro atoms. The zero-order valence-electron chi connectivity index (χ0n) is 38.2. The Bertz CT molecular complexity index is 4240. The maximum absolute atomic E-state index is 6.60. The lowest BCUT2D eigenvalue weighted by Crippen LogP contribution is -2.35. The molecule has 1 aliphatic rings. The molecule has 6 nitrogen and oxygen atoms in total. The summed E-state index contributed by atoms with van der Waals surface area (Å²) < 4.78 is 11.4. The van der Waals surface area contributed by atoms with Crippen LogP contribution >= 0.6 is 0 Å². The highest BCUT2D eigenvalue weighted by Gasteiger charge is 2.28. The highest BCUT2D eigenvalue weighted by atomic mass is 16.3. The smallest absolute Gasteiger partial charge is 0.160 e. The van der Waals surface area contributed by atoms with Crippen LogP contribution in [0.15, 0.2) is 251 Å². The van der Waals surface area contributed by atoms with Gasteiger partial charge in [-0.25, -0.2) is 9.98 Å². The lowest BCUT2D eigenvalue weighted by Gasteiger charge is -2.32. The van der Waals surface area contributed by atoms with Gasteiger partial charge in [-0.2, -0.15) is 0 Å². The molecule has 14 rings (SSSR count). The van der Waals surface area contributed by atoms with Crippen LogP contribution < -0.4 is 0 Å². The van der Waals surface area contributed by atoms with Crippen LogP contribution in [0.5, 0.6) is 0 Å². The van der Waals surface area contributed by atoms with Gasteiger partial charge in [0.1, 0.15) is 23.2 Å². The van der Waals surface area contributed by atoms with Gasteiger partial charge in [0.15, 0.2) is 5.84 Å². The van der Waals surface area contributed by atoms with Crippen molar-refractivity contribution in [3.05, 3.63) is 253 Å². The van der Waals surface area contributed by atoms with Gasteiger partial charge in [-0.3, -0.25) is 0 Å². The highest BCUT2D eigenvalue weighted by molar-refractivity contribution is 6.22. The number of rotatable bonds is 7. The predicted molar refractivity (Wildman–Crippen MR) is 290 cm³/mol. The lowest BCUT2D eigenvalue weighted by molar-refractivity contribution is 0.383. The molecular weight excluding hydrogens is 855 g/mol. The second-order valence-corrected chi connectivity index (χ2v) is 18.2. The number of hydrogen-bond donors (Lipinski definition) is 0. The average Bonchev–Trinajstić information content (AvgIpc) is 4.08. The monoisotopic (exact) mass is 897 g/mol. The Kier molecular flexibility index (Phi) is 9.07. The van der Waals surface area contributed by atoms with E-state index in [9.17, 15) is 0 Å². The Morgan fingerprint density at radius 3 is 1.60 bits per heavy atom. The maximum atomic E-state index is 6.60. The van der Waals surface area contributed by atoms with E-state index >= 15 is 0 Å². The molecule has 0 fully saturated rings. The number of fused-ring (bicyclic) bond motifs is 9. The fourth-order valence-electron chi connectivity index (χ4n) is 10.9. The van der Waals surface area contributed by atoms with E-state index in [0.29, 0.717) is 5.84 Å². The summed E-state index contributed by atoms with van der Waals surface area (Å²) in [7, 11) is 2.07. The third kappa shape index (κ3) is 6.34. The quantitative estimate of drug-likeness (QED) is 0.160. The first-order valence-electron chi connectivity index (χ1n) is 23.8. The van der Waals surface area contributed by atoms with E-state index in [2.05, 4.69) is 233 Å². The summed E-state index contributed by atoms with van der Waals surface area (Å²) in [4.78, 5) is 12.8. The van der Waals surface area contributed by atoms with E-state index < -0.39 is 0 Å². The largest absolute Gasteiger partial charge is 0.456 e. The standard InChI is InChI=1S/C64H43N5O/c1-67-63(41-17-6-2-7-18-41)65-62(66-64(67)42-19-8-3-9-20-42)52-26-16-28-60-61(52)54-38-44(32-36-59(54)70-60)46-30-34-51-53-37-43(31-35-56(53)69(58(51)40-46)48-23-12-5-13-24-48)45-29-33-50-49-25-14-15-27-55(49)68(57(50)39-45)47-21-10-4-11-22-47/h2-40,63H,1H3. The third-order valence-electron chi connectivity index (χ3n) is 14.2. The van der Waals surface area contributed by atoms with Crippen LogP contribution in [-0.2, 0) is 0 Å². The number of hydrogen-bond acceptors (Lipinski definition) is 4. The van der Waals surface area contributed by atoms with Crippen molar-refractivity contribution in [3.8, 4) is 33.6 Å². The summed E-state index contributed by atoms with van der Waals surface area (Å²) in [5.74, 6) is 1.54. The molecule has 330 valence electrons. The molecule has 10 aromatic carbocycles. The number of benzene rings is 10. The molecule has 3 aromatic heterocycles. The molecule has 13 aromatic rings. The molecule has 70 heavy (non-hydrogen) atoms. The number of nitrogens with zero attached hydrogens (tertiary/aromatic N) is 5. The Morgan fingerprint density at radius 1 is 0.386 bits per heavy atom. The number of aromatic nitrogens is 2. The van der Waals surface area contributed by atoms with Gasteiger partial charge in [0, 0.05) is 61.9 Å². The van der Waals surface area contributed by atoms with Crippen LogP contribution in [0, 0.1) is 0 Å². The first-order valence-corrected chi connectivity index (χ1v) is 23.8. The van der Waals surface area contributed by atoms with E-state index in [1.54, 1.807) is 0 Å². The van der Waals surface area contributed by atoms with Crippen molar-refractivity contribution in [2.24, 2.45) is 9.98 Å². The van der Waals surface area contributed by atoms with Crippen LogP contribution in [0.4, 0.5) is 0 Å². The van der Waals surface area contributed by atoms with Crippen molar-refractivity contribution in [2.75, 3.05) is 7.05 Å². The van der Waals surface area contributed by atoms with Gasteiger partial charge in [0.2, 0.25) is 0 Å². The molecular formula is C64H43N5O. The van der Waals surface area contributed by atoms with E-state index in [4.69, 9.17) is 14.4 Å². The summed E-state index contributed by atoms with van der Waals surface area (Å²) >= 11 is 0. The first-order chi connectivity index (χ1) is 34.6. The molecule has 1 unspecified atom stereocenters. The Hall–Kier alpha value is -9.26. The molecule has 0 aliphatic carbocycles. The van der Waals surface area contributed by atoms with Crippen molar-refractivity contribution in [1.82, 2.24) is 14.0 Å². The SMILES string of the molecule is CN1C(c2ccccc2)=NC(c2cccc3oc4ccc(-c5ccc6c7cc(-c8ccc9c%10ccccc%10n(-c%10ccccc%10)c9c8)ccc7n(-c7ccccc7)c6c5)cc4c23)=NC1c1ccccc1. The van der Waals surface area contributed by atoms with Crippen molar-refractivity contribution in [1.29, 1.82) is 0 Å². The van der Waals surface area contributed by atoms with Crippen LogP contribution in [0.1, 0.15) is 22.9 Å². The minimum Gasteiger partial charge on any atom is -0.456 e. The van der Waals surface area contributed by atoms with Crippen LogP contribution in [0.3, 0.4) is 0 Å². The second-order valence-electron chi connectivity index (χ2n) is 18.2. The van der Waals surface area contributed by atoms with Gasteiger partial charge in [-0.1, -0.05) is 164 Å². The van der Waals surface area contributed by atoms with E-state index in [-0.39, 0.29) is 6.17 Å². The summed E-state index contributed by atoms with van der Waals surface area (Å²) in [5, 5.41) is 6.92. The summed E-state index contributed by atoms with van der Waals surface area (Å²) in [5.41, 5.74) is 16.2. The zero-order chi connectivity index (χ0) is 46.3. The molecule has 1 atom stereocenters. The topological polar surface area (TPSA) is 51.0 Å². The summed E-state index contributed by atoms with van der Waals surface area (Å²) in [6.45, 7) is 0. The molecule has 0 amide bonds. The normalized spacial score (nSPS) is 14.1. The van der Waals surface area contributed by atoms with Crippen molar-refractivity contribution in [2.45, 2.75) is 6.17 Å². The highest BCUT2D eigenvalue weighted by Crippen LogP contribution is 2.41. The second kappa shape index (κ2) is 15.9. The third-order valence-corrected chi connectivity index (χ3v) is 14.2. The Labute approximate surface area is 404 Å². The first kappa shape index (κ1) is 39.9.